The first-order valence-corrected chi connectivity index (χ1v) is 7.75. The smallest absolute Gasteiger partial charge is 0.336 e. The minimum absolute atomic E-state index is 0.259. The van der Waals surface area contributed by atoms with Gasteiger partial charge in [0.05, 0.1) is 5.56 Å². The molecular weight excluding hydrogens is 332 g/mol. The minimum atomic E-state index is -0.944. The molecule has 0 saturated carbocycles. The Morgan fingerprint density at radius 3 is 2.53 bits per heavy atom. The van der Waals surface area contributed by atoms with Crippen molar-refractivity contribution in [2.24, 2.45) is 0 Å². The van der Waals surface area contributed by atoms with Crippen molar-refractivity contribution in [2.75, 3.05) is 19.0 Å². The average molecular weight is 349 g/mol. The van der Waals surface area contributed by atoms with Crippen LogP contribution in [0.2, 0.25) is 0 Å². The molecule has 1 N–H and O–H groups in total. The van der Waals surface area contributed by atoms with Crippen LogP contribution < -0.4 is 0 Å². The molecule has 0 aromatic heterocycles. The lowest BCUT2D eigenvalue weighted by Gasteiger charge is -2.16. The van der Waals surface area contributed by atoms with E-state index in [1.165, 1.54) is 11.8 Å². The molecule has 1 aromatic rings. The van der Waals surface area contributed by atoms with Crippen LogP contribution in [0.5, 0.6) is 0 Å². The van der Waals surface area contributed by atoms with Gasteiger partial charge in [0, 0.05) is 28.3 Å². The van der Waals surface area contributed by atoms with Crippen LogP contribution in [-0.2, 0) is 9.47 Å². The number of carboxylic acids is 1. The number of carboxylic acid groups (broad SMARTS) is 1. The lowest BCUT2D eigenvalue weighted by atomic mass is 10.2. The summed E-state index contributed by atoms with van der Waals surface area (Å²) in [6.45, 7) is 5.01. The number of halogens is 1. The summed E-state index contributed by atoms with van der Waals surface area (Å²) in [5.74, 6) is -0.317. The summed E-state index contributed by atoms with van der Waals surface area (Å²) in [6.07, 6.45) is -0.267. The second-order valence-corrected chi connectivity index (χ2v) is 5.55. The third-order valence-electron chi connectivity index (χ3n) is 2.26. The number of hydrogen-bond acceptors (Lipinski definition) is 4. The van der Waals surface area contributed by atoms with E-state index < -0.39 is 5.97 Å². The molecule has 0 spiro atoms. The van der Waals surface area contributed by atoms with Gasteiger partial charge in [-0.2, -0.15) is 0 Å². The number of rotatable bonds is 8. The SMILES string of the molecule is CCOC(CSc1ccc(Br)c(C(=O)O)c1)OCC. The second-order valence-electron chi connectivity index (χ2n) is 3.60. The van der Waals surface area contributed by atoms with E-state index in [4.69, 9.17) is 14.6 Å². The van der Waals surface area contributed by atoms with Gasteiger partial charge in [-0.1, -0.05) is 0 Å². The lowest BCUT2D eigenvalue weighted by Crippen LogP contribution is -2.19. The van der Waals surface area contributed by atoms with Gasteiger partial charge in [0.1, 0.15) is 0 Å². The number of carbonyl (C=O) groups is 1. The van der Waals surface area contributed by atoms with Crippen molar-refractivity contribution in [1.29, 1.82) is 0 Å². The van der Waals surface area contributed by atoms with E-state index >= 15 is 0 Å². The van der Waals surface area contributed by atoms with Crippen molar-refractivity contribution in [2.45, 2.75) is 25.0 Å². The van der Waals surface area contributed by atoms with Gasteiger partial charge in [-0.3, -0.25) is 0 Å². The summed E-state index contributed by atoms with van der Waals surface area (Å²) in [4.78, 5) is 11.9. The van der Waals surface area contributed by atoms with Crippen molar-refractivity contribution in [3.05, 3.63) is 28.2 Å². The fourth-order valence-corrected chi connectivity index (χ4v) is 2.74. The van der Waals surface area contributed by atoms with Crippen LogP contribution in [0.1, 0.15) is 24.2 Å². The van der Waals surface area contributed by atoms with Crippen LogP contribution in [0, 0.1) is 0 Å². The molecule has 0 bridgehead atoms. The Hall–Kier alpha value is -0.560. The summed E-state index contributed by atoms with van der Waals surface area (Å²) in [5.41, 5.74) is 0.259. The van der Waals surface area contributed by atoms with Gasteiger partial charge in [-0.25, -0.2) is 4.79 Å². The van der Waals surface area contributed by atoms with Crippen LogP contribution >= 0.6 is 27.7 Å². The molecule has 0 aliphatic carbocycles. The largest absolute Gasteiger partial charge is 0.478 e. The average Bonchev–Trinajstić information content (AvgIpc) is 2.37. The highest BCUT2D eigenvalue weighted by atomic mass is 79.9. The molecule has 1 aromatic carbocycles. The van der Waals surface area contributed by atoms with Gasteiger partial charge in [-0.05, 0) is 48.0 Å². The van der Waals surface area contributed by atoms with Gasteiger partial charge < -0.3 is 14.6 Å². The Kier molecular flexibility index (Phi) is 7.45. The Labute approximate surface area is 125 Å². The zero-order chi connectivity index (χ0) is 14.3. The van der Waals surface area contributed by atoms with E-state index in [1.54, 1.807) is 12.1 Å². The van der Waals surface area contributed by atoms with Gasteiger partial charge in [0.2, 0.25) is 0 Å². The lowest BCUT2D eigenvalue weighted by molar-refractivity contribution is -0.120. The summed E-state index contributed by atoms with van der Waals surface area (Å²) in [5, 5.41) is 9.05. The van der Waals surface area contributed by atoms with Crippen molar-refractivity contribution in [3.63, 3.8) is 0 Å². The maximum Gasteiger partial charge on any atom is 0.336 e. The van der Waals surface area contributed by atoms with Crippen LogP contribution in [-0.4, -0.2) is 36.3 Å². The monoisotopic (exact) mass is 348 g/mol. The molecule has 0 radical (unpaired) electrons. The third-order valence-corrected chi connectivity index (χ3v) is 3.98. The fraction of sp³-hybridized carbons (Fsp3) is 0.462. The van der Waals surface area contributed by atoms with Gasteiger partial charge in [-0.15, -0.1) is 11.8 Å². The van der Waals surface area contributed by atoms with Crippen LogP contribution in [0.25, 0.3) is 0 Å². The third kappa shape index (κ3) is 5.52. The molecule has 0 atom stereocenters. The number of thioether (sulfide) groups is 1. The maximum atomic E-state index is 11.0. The van der Waals surface area contributed by atoms with Crippen molar-refractivity contribution >= 4 is 33.7 Å². The van der Waals surface area contributed by atoms with Crippen LogP contribution in [0.15, 0.2) is 27.6 Å². The molecule has 0 amide bonds. The fourth-order valence-electron chi connectivity index (χ4n) is 1.44. The number of hydrogen-bond donors (Lipinski definition) is 1. The van der Waals surface area contributed by atoms with E-state index in [1.807, 2.05) is 19.9 Å². The number of benzene rings is 1. The summed E-state index contributed by atoms with van der Waals surface area (Å²) in [7, 11) is 0. The van der Waals surface area contributed by atoms with Crippen molar-refractivity contribution < 1.29 is 19.4 Å². The van der Waals surface area contributed by atoms with Gasteiger partial charge in [0.25, 0.3) is 0 Å². The number of aromatic carboxylic acids is 1. The van der Waals surface area contributed by atoms with Crippen LogP contribution in [0.4, 0.5) is 0 Å². The Morgan fingerprint density at radius 2 is 2.00 bits per heavy atom. The Morgan fingerprint density at radius 1 is 1.37 bits per heavy atom. The standard InChI is InChI=1S/C13H17BrO4S/c1-3-17-12(18-4-2)8-19-9-5-6-11(14)10(7-9)13(15)16/h5-7,12H,3-4,8H2,1-2H3,(H,15,16). The van der Waals surface area contributed by atoms with Crippen LogP contribution in [0.3, 0.4) is 0 Å². The molecule has 4 nitrogen and oxygen atoms in total. The summed E-state index contributed by atoms with van der Waals surface area (Å²) < 4.78 is 11.5. The first-order chi connectivity index (χ1) is 9.08. The highest BCUT2D eigenvalue weighted by Gasteiger charge is 2.12. The van der Waals surface area contributed by atoms with E-state index in [2.05, 4.69) is 15.9 Å². The Balaban J connectivity index is 2.66. The Bertz CT molecular complexity index is 419. The van der Waals surface area contributed by atoms with Crippen molar-refractivity contribution in [3.8, 4) is 0 Å². The molecular formula is C13H17BrO4S. The molecule has 106 valence electrons. The van der Waals surface area contributed by atoms with Gasteiger partial charge >= 0.3 is 5.97 Å². The van der Waals surface area contributed by atoms with E-state index in [0.29, 0.717) is 23.4 Å². The molecule has 0 aliphatic heterocycles. The second kappa shape index (κ2) is 8.58. The summed E-state index contributed by atoms with van der Waals surface area (Å²) >= 11 is 4.74. The highest BCUT2D eigenvalue weighted by molar-refractivity contribution is 9.10. The van der Waals surface area contributed by atoms with Crippen molar-refractivity contribution in [1.82, 2.24) is 0 Å². The molecule has 0 aliphatic rings. The molecule has 19 heavy (non-hydrogen) atoms. The normalized spacial score (nSPS) is 10.9. The summed E-state index contributed by atoms with van der Waals surface area (Å²) in [6, 6.07) is 5.25. The van der Waals surface area contributed by atoms with Gasteiger partial charge in [0.15, 0.2) is 6.29 Å². The van der Waals surface area contributed by atoms with E-state index in [9.17, 15) is 4.79 Å². The first kappa shape index (κ1) is 16.5. The molecule has 6 heteroatoms. The highest BCUT2D eigenvalue weighted by Crippen LogP contribution is 2.26. The first-order valence-electron chi connectivity index (χ1n) is 5.97. The molecule has 0 unspecified atom stereocenters. The zero-order valence-corrected chi connectivity index (χ0v) is 13.3. The minimum Gasteiger partial charge on any atom is -0.478 e. The van der Waals surface area contributed by atoms with E-state index in [0.717, 1.165) is 4.90 Å². The molecule has 0 heterocycles. The maximum absolute atomic E-state index is 11.0. The molecule has 0 saturated heterocycles. The zero-order valence-electron chi connectivity index (χ0n) is 10.9. The topological polar surface area (TPSA) is 55.8 Å². The number of ether oxygens (including phenoxy) is 2. The predicted octanol–water partition coefficient (Wildman–Crippen LogP) is 3.64. The quantitative estimate of drug-likeness (QED) is 0.574. The molecule has 1 rings (SSSR count). The predicted molar refractivity (Wildman–Crippen MR) is 78.9 cm³/mol. The van der Waals surface area contributed by atoms with E-state index in [-0.39, 0.29) is 11.9 Å². The molecule has 0 fully saturated rings.